The smallest absolute Gasteiger partial charge is 0.407 e. The molecule has 1 heterocycles. The molecule has 1 aromatic rings. The molecule has 3 N–H and O–H groups in total. The van der Waals surface area contributed by atoms with E-state index >= 15 is 0 Å². The first-order chi connectivity index (χ1) is 15.0. The maximum atomic E-state index is 14.0. The normalized spacial score (nSPS) is 17.7. The number of carboxylic acids is 1. The van der Waals surface area contributed by atoms with Crippen molar-refractivity contribution in [3.63, 3.8) is 0 Å². The van der Waals surface area contributed by atoms with Crippen LogP contribution in [-0.4, -0.2) is 71.9 Å². The summed E-state index contributed by atoms with van der Waals surface area (Å²) < 4.78 is 32.7. The number of hydrogen-bond donors (Lipinski definition) is 3. The lowest BCUT2D eigenvalue weighted by atomic mass is 10.1. The Hall–Kier alpha value is -3.57. The van der Waals surface area contributed by atoms with Gasteiger partial charge in [-0.05, 0) is 24.5 Å². The first-order valence-corrected chi connectivity index (χ1v) is 9.72. The highest BCUT2D eigenvalue weighted by atomic mass is 19.1. The van der Waals surface area contributed by atoms with Crippen LogP contribution in [0, 0.1) is 17.6 Å². The van der Waals surface area contributed by atoms with Crippen LogP contribution < -0.4 is 10.6 Å². The molecule has 2 rings (SSSR count). The van der Waals surface area contributed by atoms with Crippen molar-refractivity contribution in [1.29, 1.82) is 0 Å². The molecule has 2 atom stereocenters. The molecular formula is C20H23F2N3O7. The van der Waals surface area contributed by atoms with Crippen LogP contribution >= 0.6 is 0 Å². The number of ether oxygens (including phenoxy) is 1. The van der Waals surface area contributed by atoms with Gasteiger partial charge in [0, 0.05) is 6.54 Å². The molecule has 0 saturated carbocycles. The number of benzene rings is 1. The number of halogens is 2. The van der Waals surface area contributed by atoms with Crippen molar-refractivity contribution in [3.8, 4) is 0 Å². The lowest BCUT2D eigenvalue weighted by Gasteiger charge is -2.21. The van der Waals surface area contributed by atoms with Gasteiger partial charge in [-0.15, -0.1) is 0 Å². The van der Waals surface area contributed by atoms with Crippen molar-refractivity contribution in [2.45, 2.75) is 32.4 Å². The number of nitrogens with zero attached hydrogens (tertiary/aromatic N) is 1. The summed E-state index contributed by atoms with van der Waals surface area (Å²) in [5, 5.41) is 13.7. The number of aldehydes is 1. The fraction of sp³-hybridized carbons (Fsp3) is 0.450. The van der Waals surface area contributed by atoms with E-state index in [-0.39, 0.29) is 25.5 Å². The number of rotatable bonds is 8. The Labute approximate surface area is 181 Å². The summed E-state index contributed by atoms with van der Waals surface area (Å²) in [6, 6.07) is -0.284. The summed E-state index contributed by atoms with van der Waals surface area (Å²) in [6.45, 7) is 3.16. The maximum absolute atomic E-state index is 14.0. The first kappa shape index (κ1) is 24.7. The molecule has 12 heteroatoms. The van der Waals surface area contributed by atoms with Crippen LogP contribution in [0.15, 0.2) is 12.1 Å². The van der Waals surface area contributed by atoms with Crippen LogP contribution in [0.3, 0.4) is 0 Å². The minimum absolute atomic E-state index is 0.0381. The largest absolute Gasteiger partial charge is 0.478 e. The van der Waals surface area contributed by atoms with Crippen molar-refractivity contribution < 1.29 is 42.6 Å². The fourth-order valence-electron chi connectivity index (χ4n) is 3.17. The van der Waals surface area contributed by atoms with Crippen molar-refractivity contribution in [3.05, 3.63) is 34.9 Å². The van der Waals surface area contributed by atoms with Gasteiger partial charge < -0.3 is 30.2 Å². The van der Waals surface area contributed by atoms with E-state index in [1.54, 1.807) is 0 Å². The van der Waals surface area contributed by atoms with Gasteiger partial charge in [0.15, 0.2) is 0 Å². The second-order valence-corrected chi connectivity index (χ2v) is 7.59. The van der Waals surface area contributed by atoms with E-state index in [1.165, 1.54) is 0 Å². The number of nitrogens with one attached hydrogen (secondary N) is 2. The van der Waals surface area contributed by atoms with Gasteiger partial charge in [0.25, 0.3) is 5.91 Å². The molecule has 0 spiro atoms. The van der Waals surface area contributed by atoms with E-state index in [4.69, 9.17) is 9.84 Å². The SMILES string of the molecule is CC(C)COC(=O)N[C@@H]1C[C@@H](C=O)N(C(=O)CNC(=O)c2c(F)ccc(F)c2C(=O)O)C1. The number of hydrogen-bond acceptors (Lipinski definition) is 6. The monoisotopic (exact) mass is 455 g/mol. The Kier molecular flexibility index (Phi) is 8.21. The molecule has 0 unspecified atom stereocenters. The number of carbonyl (C=O) groups is 5. The average molecular weight is 455 g/mol. The molecular weight excluding hydrogens is 432 g/mol. The van der Waals surface area contributed by atoms with Crippen LogP contribution in [0.1, 0.15) is 41.0 Å². The second kappa shape index (κ2) is 10.6. The topological polar surface area (TPSA) is 142 Å². The first-order valence-electron chi connectivity index (χ1n) is 9.72. The van der Waals surface area contributed by atoms with E-state index in [0.29, 0.717) is 18.4 Å². The zero-order valence-electron chi connectivity index (χ0n) is 17.4. The van der Waals surface area contributed by atoms with Gasteiger partial charge in [0.05, 0.1) is 30.8 Å². The fourth-order valence-corrected chi connectivity index (χ4v) is 3.17. The molecule has 0 aliphatic carbocycles. The maximum Gasteiger partial charge on any atom is 0.407 e. The summed E-state index contributed by atoms with van der Waals surface area (Å²) in [7, 11) is 0. The summed E-state index contributed by atoms with van der Waals surface area (Å²) in [5.41, 5.74) is -2.21. The highest BCUT2D eigenvalue weighted by molar-refractivity contribution is 6.06. The van der Waals surface area contributed by atoms with Gasteiger partial charge in [0.1, 0.15) is 23.5 Å². The van der Waals surface area contributed by atoms with E-state index in [1.807, 2.05) is 19.2 Å². The van der Waals surface area contributed by atoms with Crippen molar-refractivity contribution in [2.24, 2.45) is 5.92 Å². The van der Waals surface area contributed by atoms with Gasteiger partial charge in [-0.3, -0.25) is 9.59 Å². The molecule has 1 fully saturated rings. The molecule has 1 aliphatic heterocycles. The molecule has 1 aromatic carbocycles. The standard InChI is InChI=1S/C20H23F2N3O7/c1-10(2)9-32-20(31)24-11-5-12(8-26)25(7-11)15(27)6-23-18(28)16-13(21)3-4-14(22)17(16)19(29)30/h3-4,8,10-12H,5-7,9H2,1-2H3,(H,23,28)(H,24,31)(H,29,30)/t11-,12+/m1/s1. The predicted molar refractivity (Wildman–Crippen MR) is 105 cm³/mol. The van der Waals surface area contributed by atoms with Crippen molar-refractivity contribution in [1.82, 2.24) is 15.5 Å². The number of carbonyl (C=O) groups excluding carboxylic acids is 4. The number of likely N-dealkylation sites (tertiary alicyclic amines) is 1. The number of amides is 3. The van der Waals surface area contributed by atoms with Gasteiger partial charge in [-0.25, -0.2) is 18.4 Å². The summed E-state index contributed by atoms with van der Waals surface area (Å²) in [4.78, 5) is 60.2. The molecule has 3 amide bonds. The lowest BCUT2D eigenvalue weighted by molar-refractivity contribution is -0.133. The van der Waals surface area contributed by atoms with E-state index in [9.17, 15) is 32.8 Å². The molecule has 0 radical (unpaired) electrons. The molecule has 174 valence electrons. The van der Waals surface area contributed by atoms with E-state index < -0.39 is 65.3 Å². The third kappa shape index (κ3) is 5.99. The van der Waals surface area contributed by atoms with Gasteiger partial charge >= 0.3 is 12.1 Å². The van der Waals surface area contributed by atoms with Gasteiger partial charge in [0.2, 0.25) is 5.91 Å². The third-order valence-corrected chi connectivity index (χ3v) is 4.64. The third-order valence-electron chi connectivity index (χ3n) is 4.64. The van der Waals surface area contributed by atoms with Crippen LogP contribution in [0.2, 0.25) is 0 Å². The Morgan fingerprint density at radius 3 is 2.41 bits per heavy atom. The predicted octanol–water partition coefficient (Wildman–Crippen LogP) is 0.943. The Bertz CT molecular complexity index is 923. The Balaban J connectivity index is 2.01. The lowest BCUT2D eigenvalue weighted by Crippen LogP contribution is -2.44. The molecule has 1 aliphatic rings. The number of alkyl carbamates (subject to hydrolysis) is 1. The number of carboxylic acid groups (broad SMARTS) is 1. The van der Waals surface area contributed by atoms with E-state index in [2.05, 4.69) is 5.32 Å². The highest BCUT2D eigenvalue weighted by Gasteiger charge is 2.36. The summed E-state index contributed by atoms with van der Waals surface area (Å²) >= 11 is 0. The van der Waals surface area contributed by atoms with Crippen LogP contribution in [0.5, 0.6) is 0 Å². The van der Waals surface area contributed by atoms with Crippen LogP contribution in [0.25, 0.3) is 0 Å². The van der Waals surface area contributed by atoms with Crippen LogP contribution in [0.4, 0.5) is 13.6 Å². The van der Waals surface area contributed by atoms with Gasteiger partial charge in [-0.2, -0.15) is 0 Å². The molecule has 1 saturated heterocycles. The van der Waals surface area contributed by atoms with E-state index in [0.717, 1.165) is 4.90 Å². The molecule has 10 nitrogen and oxygen atoms in total. The summed E-state index contributed by atoms with van der Waals surface area (Å²) in [5.74, 6) is -6.35. The summed E-state index contributed by atoms with van der Waals surface area (Å²) in [6.07, 6.45) is -0.0594. The molecule has 0 aromatic heterocycles. The quantitative estimate of drug-likeness (QED) is 0.495. The number of aromatic carboxylic acids is 1. The molecule has 0 bridgehead atoms. The van der Waals surface area contributed by atoms with Gasteiger partial charge in [-0.1, -0.05) is 13.8 Å². The zero-order chi connectivity index (χ0) is 24.0. The second-order valence-electron chi connectivity index (χ2n) is 7.59. The zero-order valence-corrected chi connectivity index (χ0v) is 17.4. The van der Waals surface area contributed by atoms with Crippen LogP contribution in [-0.2, 0) is 14.3 Å². The highest BCUT2D eigenvalue weighted by Crippen LogP contribution is 2.19. The van der Waals surface area contributed by atoms with Crippen molar-refractivity contribution >= 4 is 30.2 Å². The average Bonchev–Trinajstić information content (AvgIpc) is 3.14. The minimum Gasteiger partial charge on any atom is -0.478 e. The van der Waals surface area contributed by atoms with Crippen molar-refractivity contribution in [2.75, 3.05) is 19.7 Å². The Morgan fingerprint density at radius 2 is 1.84 bits per heavy atom. The Morgan fingerprint density at radius 1 is 1.22 bits per heavy atom. The minimum atomic E-state index is -1.85. The molecule has 32 heavy (non-hydrogen) atoms.